The zero-order chi connectivity index (χ0) is 15.3. The number of hydrogen-bond acceptors (Lipinski definition) is 1. The third-order valence-electron chi connectivity index (χ3n) is 4.98. The molecule has 2 heteroatoms. The van der Waals surface area contributed by atoms with Gasteiger partial charge in [0.25, 0.3) is 0 Å². The number of halogens is 1. The predicted molar refractivity (Wildman–Crippen MR) is 87.9 cm³/mol. The molecular weight excluding hydrogens is 261 g/mol. The minimum absolute atomic E-state index is 0.131. The van der Waals surface area contributed by atoms with E-state index in [1.54, 1.807) is 12.1 Å². The summed E-state index contributed by atoms with van der Waals surface area (Å²) in [4.78, 5) is 0. The third kappa shape index (κ3) is 5.43. The highest BCUT2D eigenvalue weighted by molar-refractivity contribution is 5.16. The molecule has 0 radical (unpaired) electrons. The zero-order valence-electron chi connectivity index (χ0n) is 13.8. The Balaban J connectivity index is 1.62. The fourth-order valence-electron chi connectivity index (χ4n) is 3.46. The maximum absolute atomic E-state index is 13.1. The second kappa shape index (κ2) is 7.40. The first-order valence-electron chi connectivity index (χ1n) is 8.40. The lowest BCUT2D eigenvalue weighted by molar-refractivity contribution is 0.149. The summed E-state index contributed by atoms with van der Waals surface area (Å²) in [7, 11) is 0. The second-order valence-electron chi connectivity index (χ2n) is 7.67. The van der Waals surface area contributed by atoms with Gasteiger partial charge in [-0.25, -0.2) is 4.39 Å². The van der Waals surface area contributed by atoms with Crippen molar-refractivity contribution in [2.75, 3.05) is 13.1 Å². The maximum atomic E-state index is 13.1. The van der Waals surface area contributed by atoms with Gasteiger partial charge in [0.05, 0.1) is 0 Å². The van der Waals surface area contributed by atoms with Crippen LogP contribution in [0.15, 0.2) is 24.3 Å². The van der Waals surface area contributed by atoms with Gasteiger partial charge in [0.1, 0.15) is 5.82 Å². The monoisotopic (exact) mass is 291 g/mol. The molecule has 0 aromatic heterocycles. The number of hydrogen-bond donors (Lipinski definition) is 1. The highest BCUT2D eigenvalue weighted by Gasteiger charge is 2.29. The lowest BCUT2D eigenvalue weighted by Crippen LogP contribution is -2.31. The molecule has 0 saturated heterocycles. The van der Waals surface area contributed by atoms with Crippen molar-refractivity contribution in [3.05, 3.63) is 35.6 Å². The minimum atomic E-state index is -0.131. The van der Waals surface area contributed by atoms with E-state index in [2.05, 4.69) is 26.1 Å². The van der Waals surface area contributed by atoms with E-state index in [4.69, 9.17) is 0 Å². The van der Waals surface area contributed by atoms with E-state index < -0.39 is 0 Å². The largest absolute Gasteiger partial charge is 0.316 e. The average molecular weight is 291 g/mol. The molecule has 1 aromatic carbocycles. The summed E-state index contributed by atoms with van der Waals surface area (Å²) >= 11 is 0. The van der Waals surface area contributed by atoms with Crippen molar-refractivity contribution >= 4 is 0 Å². The Morgan fingerprint density at radius 3 is 2.48 bits per heavy atom. The molecule has 0 amide bonds. The van der Waals surface area contributed by atoms with Gasteiger partial charge in [-0.05, 0) is 80.1 Å². The van der Waals surface area contributed by atoms with Crippen molar-refractivity contribution in [2.45, 2.75) is 52.9 Å². The summed E-state index contributed by atoms with van der Waals surface area (Å²) in [5.41, 5.74) is 1.55. The first-order chi connectivity index (χ1) is 9.95. The number of benzene rings is 1. The summed E-state index contributed by atoms with van der Waals surface area (Å²) in [6.45, 7) is 9.18. The van der Waals surface area contributed by atoms with Gasteiger partial charge in [-0.3, -0.25) is 0 Å². The molecule has 0 aliphatic heterocycles. The quantitative estimate of drug-likeness (QED) is 0.768. The van der Waals surface area contributed by atoms with Crippen LogP contribution < -0.4 is 5.32 Å². The van der Waals surface area contributed by atoms with E-state index in [0.717, 1.165) is 36.9 Å². The predicted octanol–water partition coefficient (Wildman–Crippen LogP) is 4.81. The Morgan fingerprint density at radius 2 is 1.86 bits per heavy atom. The van der Waals surface area contributed by atoms with Gasteiger partial charge < -0.3 is 5.32 Å². The van der Waals surface area contributed by atoms with Crippen LogP contribution in [0.3, 0.4) is 0 Å². The first kappa shape index (κ1) is 16.5. The Kier molecular flexibility index (Phi) is 5.80. The first-order valence-corrected chi connectivity index (χ1v) is 8.40. The molecule has 1 saturated carbocycles. The van der Waals surface area contributed by atoms with E-state index in [1.165, 1.54) is 31.7 Å². The number of nitrogens with one attached hydrogen (secondary N) is 1. The molecule has 1 fully saturated rings. The van der Waals surface area contributed by atoms with Crippen LogP contribution in [0.4, 0.5) is 4.39 Å². The molecule has 1 aliphatic rings. The second-order valence-corrected chi connectivity index (χ2v) is 7.67. The van der Waals surface area contributed by atoms with Crippen molar-refractivity contribution in [1.82, 2.24) is 5.32 Å². The van der Waals surface area contributed by atoms with Crippen LogP contribution in [0, 0.1) is 23.1 Å². The molecule has 1 aliphatic carbocycles. The van der Waals surface area contributed by atoms with Crippen molar-refractivity contribution < 1.29 is 4.39 Å². The van der Waals surface area contributed by atoms with E-state index in [1.807, 2.05) is 6.07 Å². The average Bonchev–Trinajstić information content (AvgIpc) is 2.43. The van der Waals surface area contributed by atoms with Gasteiger partial charge in [-0.1, -0.05) is 32.9 Å². The normalized spacial score (nSPS) is 23.2. The Labute approximate surface area is 129 Å². The molecule has 118 valence electrons. The van der Waals surface area contributed by atoms with Crippen molar-refractivity contribution in [2.24, 2.45) is 17.3 Å². The van der Waals surface area contributed by atoms with Gasteiger partial charge in [0.2, 0.25) is 0 Å². The van der Waals surface area contributed by atoms with Crippen molar-refractivity contribution in [3.63, 3.8) is 0 Å². The van der Waals surface area contributed by atoms with Gasteiger partial charge in [-0.2, -0.15) is 0 Å². The minimum Gasteiger partial charge on any atom is -0.316 e. The Bertz CT molecular complexity index is 427. The van der Waals surface area contributed by atoms with Crippen molar-refractivity contribution in [3.8, 4) is 0 Å². The molecular formula is C19H30FN. The molecule has 21 heavy (non-hydrogen) atoms. The molecule has 0 bridgehead atoms. The van der Waals surface area contributed by atoms with E-state index >= 15 is 0 Å². The van der Waals surface area contributed by atoms with E-state index in [0.29, 0.717) is 5.41 Å². The van der Waals surface area contributed by atoms with Crippen LogP contribution in [0.1, 0.15) is 52.0 Å². The van der Waals surface area contributed by atoms with E-state index in [-0.39, 0.29) is 5.82 Å². The van der Waals surface area contributed by atoms with Crippen molar-refractivity contribution in [1.29, 1.82) is 0 Å². The molecule has 0 heterocycles. The summed E-state index contributed by atoms with van der Waals surface area (Å²) in [6.07, 6.45) is 6.37. The summed E-state index contributed by atoms with van der Waals surface area (Å²) in [5, 5.41) is 3.55. The molecule has 0 spiro atoms. The lowest BCUT2D eigenvalue weighted by Gasteiger charge is -2.37. The highest BCUT2D eigenvalue weighted by atomic mass is 19.1. The van der Waals surface area contributed by atoms with Gasteiger partial charge in [0, 0.05) is 0 Å². The molecule has 1 aromatic rings. The third-order valence-corrected chi connectivity index (χ3v) is 4.98. The fourth-order valence-corrected chi connectivity index (χ4v) is 3.46. The van der Waals surface area contributed by atoms with Crippen LogP contribution in [0.2, 0.25) is 0 Å². The summed E-state index contributed by atoms with van der Waals surface area (Å²) in [5.74, 6) is 1.59. The molecule has 1 N–H and O–H groups in total. The highest BCUT2D eigenvalue weighted by Crippen LogP contribution is 2.39. The van der Waals surface area contributed by atoms with Crippen LogP contribution in [-0.4, -0.2) is 13.1 Å². The molecule has 0 atom stereocenters. The standard InChI is InChI=1S/C19H30FN/c1-19(2,3)17-9-7-16(8-10-17)14-21-12-11-15-5-4-6-18(20)13-15/h4-6,13,16-17,21H,7-12,14H2,1-3H3. The van der Waals surface area contributed by atoms with Crippen LogP contribution >= 0.6 is 0 Å². The topological polar surface area (TPSA) is 12.0 Å². The van der Waals surface area contributed by atoms with Gasteiger partial charge in [-0.15, -0.1) is 0 Å². The molecule has 2 rings (SSSR count). The maximum Gasteiger partial charge on any atom is 0.123 e. The SMILES string of the molecule is CC(C)(C)C1CCC(CNCCc2cccc(F)c2)CC1. The van der Waals surface area contributed by atoms with Gasteiger partial charge >= 0.3 is 0 Å². The zero-order valence-corrected chi connectivity index (χ0v) is 13.8. The molecule has 0 unspecified atom stereocenters. The van der Waals surface area contributed by atoms with Crippen LogP contribution in [0.25, 0.3) is 0 Å². The smallest absolute Gasteiger partial charge is 0.123 e. The Morgan fingerprint density at radius 1 is 1.14 bits per heavy atom. The summed E-state index contributed by atoms with van der Waals surface area (Å²) < 4.78 is 13.1. The number of rotatable bonds is 5. The van der Waals surface area contributed by atoms with Crippen LogP contribution in [-0.2, 0) is 6.42 Å². The van der Waals surface area contributed by atoms with Gasteiger partial charge in [0.15, 0.2) is 0 Å². The lowest BCUT2D eigenvalue weighted by atomic mass is 9.70. The fraction of sp³-hybridized carbons (Fsp3) is 0.684. The summed E-state index contributed by atoms with van der Waals surface area (Å²) in [6, 6.07) is 6.93. The van der Waals surface area contributed by atoms with Crippen LogP contribution in [0.5, 0.6) is 0 Å². The van der Waals surface area contributed by atoms with E-state index in [9.17, 15) is 4.39 Å². The Hall–Kier alpha value is -0.890. The molecule has 1 nitrogen and oxygen atoms in total.